The molecular weight excluding hydrogens is 445 g/mol. The summed E-state index contributed by atoms with van der Waals surface area (Å²) in [6.07, 6.45) is -1.25. The number of alkyl halides is 3. The highest BCUT2D eigenvalue weighted by molar-refractivity contribution is 6.10. The van der Waals surface area contributed by atoms with Gasteiger partial charge in [-0.25, -0.2) is 0 Å². The first kappa shape index (κ1) is 22.6. The average molecular weight is 470 g/mol. The molecule has 1 aliphatic heterocycles. The van der Waals surface area contributed by atoms with Crippen LogP contribution in [0.2, 0.25) is 0 Å². The quantitative estimate of drug-likeness (QED) is 0.545. The number of hydrogen-bond acceptors (Lipinski definition) is 4. The molecule has 1 fully saturated rings. The Morgan fingerprint density at radius 3 is 2.62 bits per heavy atom. The average Bonchev–Trinajstić information content (AvgIpc) is 3.33. The maximum absolute atomic E-state index is 13.7. The molecule has 9 heteroatoms. The Morgan fingerprint density at radius 1 is 1.21 bits per heavy atom. The lowest BCUT2D eigenvalue weighted by Crippen LogP contribution is -2.45. The molecule has 0 saturated heterocycles. The smallest absolute Gasteiger partial charge is 0.384 e. The maximum atomic E-state index is 13.7. The van der Waals surface area contributed by atoms with Gasteiger partial charge in [-0.1, -0.05) is 12.1 Å². The minimum Gasteiger partial charge on any atom is -0.384 e. The molecule has 0 radical (unpaired) electrons. The Labute approximate surface area is 195 Å². The van der Waals surface area contributed by atoms with E-state index in [0.717, 1.165) is 30.3 Å². The third-order valence-electron chi connectivity index (χ3n) is 7.02. The molecule has 6 nitrogen and oxygen atoms in total. The van der Waals surface area contributed by atoms with Crippen molar-refractivity contribution >= 4 is 11.6 Å². The Hall–Kier alpha value is -3.20. The zero-order valence-electron chi connectivity index (χ0n) is 19.2. The minimum absolute atomic E-state index is 0.0281. The van der Waals surface area contributed by atoms with E-state index in [1.807, 2.05) is 29.8 Å². The van der Waals surface area contributed by atoms with Crippen molar-refractivity contribution in [2.75, 3.05) is 18.6 Å². The van der Waals surface area contributed by atoms with Crippen LogP contribution in [0.25, 0.3) is 0 Å². The van der Waals surface area contributed by atoms with Crippen LogP contribution in [0.15, 0.2) is 42.7 Å². The number of carbonyl (C=O) groups excluding carboxylic acids is 1. The van der Waals surface area contributed by atoms with Crippen molar-refractivity contribution in [3.05, 3.63) is 76.4 Å². The molecule has 2 aromatic carbocycles. The van der Waals surface area contributed by atoms with E-state index in [0.29, 0.717) is 23.8 Å². The summed E-state index contributed by atoms with van der Waals surface area (Å²) in [6.45, 7) is 2.10. The zero-order chi connectivity index (χ0) is 24.3. The number of anilines is 1. The van der Waals surface area contributed by atoms with Gasteiger partial charge in [-0.2, -0.15) is 13.2 Å². The fraction of sp³-hybridized carbons (Fsp3) is 0.400. The van der Waals surface area contributed by atoms with Gasteiger partial charge >= 0.3 is 6.18 Å². The van der Waals surface area contributed by atoms with Crippen molar-refractivity contribution in [2.24, 2.45) is 13.0 Å². The number of benzene rings is 2. The highest BCUT2D eigenvalue weighted by atomic mass is 19.4. The van der Waals surface area contributed by atoms with Crippen molar-refractivity contribution in [1.82, 2.24) is 14.8 Å². The summed E-state index contributed by atoms with van der Waals surface area (Å²) in [5, 5.41) is 8.43. The molecule has 178 valence electrons. The van der Waals surface area contributed by atoms with E-state index in [9.17, 15) is 18.0 Å². The molecule has 0 bridgehead atoms. The van der Waals surface area contributed by atoms with Crippen LogP contribution in [0.3, 0.4) is 0 Å². The second kappa shape index (κ2) is 7.94. The van der Waals surface area contributed by atoms with Crippen LogP contribution in [-0.4, -0.2) is 34.4 Å². The number of amides is 1. The summed E-state index contributed by atoms with van der Waals surface area (Å²) in [6, 6.07) is 10.2. The summed E-state index contributed by atoms with van der Waals surface area (Å²) in [4.78, 5) is 14.6. The van der Waals surface area contributed by atoms with Crippen molar-refractivity contribution in [2.45, 2.75) is 37.9 Å². The summed E-state index contributed by atoms with van der Waals surface area (Å²) in [5.41, 5.74) is 0.949. The van der Waals surface area contributed by atoms with Crippen molar-refractivity contribution in [1.29, 1.82) is 0 Å². The molecule has 1 amide bonds. The number of aromatic nitrogens is 3. The van der Waals surface area contributed by atoms with Crippen LogP contribution in [0.1, 0.15) is 51.3 Å². The maximum Gasteiger partial charge on any atom is 0.416 e. The molecule has 5 rings (SSSR count). The predicted molar refractivity (Wildman–Crippen MR) is 120 cm³/mol. The number of fused-ring (bicyclic) bond motifs is 1. The summed E-state index contributed by atoms with van der Waals surface area (Å²) in [5.74, 6) is 0.767. The number of methoxy groups -OCH3 is 1. The van der Waals surface area contributed by atoms with Crippen LogP contribution >= 0.6 is 0 Å². The summed E-state index contributed by atoms with van der Waals surface area (Å²) >= 11 is 0. The first-order chi connectivity index (χ1) is 16.1. The molecule has 2 heterocycles. The molecule has 2 aliphatic rings. The van der Waals surface area contributed by atoms with Gasteiger partial charge in [0.05, 0.1) is 17.5 Å². The lowest BCUT2D eigenvalue weighted by atomic mass is 9.58. The SMILES string of the molecule is COCC1CC(c2cccc(N3Cc4c(cc(C)cc4C(F)(F)F)C3=O)c2)(c2nncn2C)C1. The first-order valence-electron chi connectivity index (χ1n) is 11.1. The second-order valence-electron chi connectivity index (χ2n) is 9.36. The largest absolute Gasteiger partial charge is 0.416 e. The lowest BCUT2D eigenvalue weighted by molar-refractivity contribution is -0.138. The molecule has 0 N–H and O–H groups in total. The van der Waals surface area contributed by atoms with Gasteiger partial charge in [0, 0.05) is 32.0 Å². The van der Waals surface area contributed by atoms with Crippen molar-refractivity contribution in [3.8, 4) is 0 Å². The number of halogens is 3. The third-order valence-corrected chi connectivity index (χ3v) is 7.02. The normalized spacial score (nSPS) is 22.1. The standard InChI is InChI=1S/C25H25F3N4O2/c1-15-7-19-20(21(8-15)25(26,27)28)12-32(22(19)33)18-6-4-5-17(9-18)24(10-16(11-24)13-34-3)23-30-29-14-31(23)2/h4-9,14,16H,10-13H2,1-3H3. The summed E-state index contributed by atoms with van der Waals surface area (Å²) < 4.78 is 48.3. The van der Waals surface area contributed by atoms with Crippen LogP contribution in [0.5, 0.6) is 0 Å². The van der Waals surface area contributed by atoms with E-state index < -0.39 is 23.1 Å². The monoisotopic (exact) mass is 470 g/mol. The molecule has 0 spiro atoms. The van der Waals surface area contributed by atoms with Crippen LogP contribution in [0.4, 0.5) is 18.9 Å². The Kier molecular flexibility index (Phi) is 5.27. The van der Waals surface area contributed by atoms with Gasteiger partial charge in [0.15, 0.2) is 0 Å². The summed E-state index contributed by atoms with van der Waals surface area (Å²) in [7, 11) is 3.57. The predicted octanol–water partition coefficient (Wildman–Crippen LogP) is 4.65. The van der Waals surface area contributed by atoms with Gasteiger partial charge in [-0.05, 0) is 66.6 Å². The van der Waals surface area contributed by atoms with Gasteiger partial charge in [0.1, 0.15) is 12.2 Å². The fourth-order valence-corrected chi connectivity index (χ4v) is 5.53. The number of ether oxygens (including phenoxy) is 1. The van der Waals surface area contributed by atoms with E-state index >= 15 is 0 Å². The van der Waals surface area contributed by atoms with E-state index in [-0.39, 0.29) is 17.7 Å². The number of hydrogen-bond donors (Lipinski definition) is 0. The number of carbonyl (C=O) groups is 1. The number of aryl methyl sites for hydroxylation is 2. The van der Waals surface area contributed by atoms with Crippen molar-refractivity contribution < 1.29 is 22.7 Å². The van der Waals surface area contributed by atoms with Crippen molar-refractivity contribution in [3.63, 3.8) is 0 Å². The highest BCUT2D eigenvalue weighted by Crippen LogP contribution is 2.52. The Balaban J connectivity index is 1.53. The molecule has 1 aliphatic carbocycles. The van der Waals surface area contributed by atoms with Gasteiger partial charge in [0.25, 0.3) is 5.91 Å². The number of rotatable bonds is 5. The van der Waals surface area contributed by atoms with E-state index in [2.05, 4.69) is 10.2 Å². The second-order valence-corrected chi connectivity index (χ2v) is 9.36. The molecule has 0 atom stereocenters. The van der Waals surface area contributed by atoms with Gasteiger partial charge in [0.2, 0.25) is 0 Å². The molecule has 3 aromatic rings. The van der Waals surface area contributed by atoms with Crippen LogP contribution < -0.4 is 4.90 Å². The van der Waals surface area contributed by atoms with Gasteiger partial charge < -0.3 is 14.2 Å². The highest BCUT2D eigenvalue weighted by Gasteiger charge is 2.50. The fourth-order valence-electron chi connectivity index (χ4n) is 5.53. The topological polar surface area (TPSA) is 60.2 Å². The first-order valence-corrected chi connectivity index (χ1v) is 11.1. The third kappa shape index (κ3) is 3.50. The van der Waals surface area contributed by atoms with Crippen LogP contribution in [0, 0.1) is 12.8 Å². The Morgan fingerprint density at radius 2 is 1.97 bits per heavy atom. The van der Waals surface area contributed by atoms with Crippen LogP contribution in [-0.2, 0) is 29.9 Å². The van der Waals surface area contributed by atoms with E-state index in [4.69, 9.17) is 4.74 Å². The minimum atomic E-state index is -4.52. The molecule has 0 unspecified atom stereocenters. The zero-order valence-corrected chi connectivity index (χ0v) is 19.2. The van der Waals surface area contributed by atoms with E-state index in [1.165, 1.54) is 4.90 Å². The lowest BCUT2D eigenvalue weighted by Gasteiger charge is -2.47. The molecule has 1 aromatic heterocycles. The Bertz CT molecular complexity index is 1260. The molecule has 34 heavy (non-hydrogen) atoms. The van der Waals surface area contributed by atoms with Gasteiger partial charge in [-0.3, -0.25) is 4.79 Å². The van der Waals surface area contributed by atoms with E-state index in [1.54, 1.807) is 32.5 Å². The molecular formula is C25H25F3N4O2. The number of nitrogens with zero attached hydrogens (tertiary/aromatic N) is 4. The molecule has 1 saturated carbocycles. The van der Waals surface area contributed by atoms with Gasteiger partial charge in [-0.15, -0.1) is 10.2 Å².